The monoisotopic (exact) mass is 293 g/mol. The van der Waals surface area contributed by atoms with E-state index in [1.165, 1.54) is 12.1 Å². The number of ether oxygens (including phenoxy) is 1. The zero-order chi connectivity index (χ0) is 14.4. The van der Waals surface area contributed by atoms with Crippen molar-refractivity contribution in [1.82, 2.24) is 5.32 Å². The second-order valence-corrected chi connectivity index (χ2v) is 4.93. The van der Waals surface area contributed by atoms with Crippen LogP contribution in [0, 0.1) is 5.82 Å². The standard InChI is InChI=1S/C16H17ClFNO/c1-2-19-10-13-7-15(18)9-16(8-13)20-11-12-4-3-5-14(17)6-12/h3-9,19H,2,10-11H2,1H3. The molecule has 2 aromatic carbocycles. The topological polar surface area (TPSA) is 21.3 Å². The van der Waals surface area contributed by atoms with Crippen LogP contribution >= 0.6 is 11.6 Å². The Bertz CT molecular complexity index is 574. The molecule has 0 bridgehead atoms. The molecule has 0 atom stereocenters. The van der Waals surface area contributed by atoms with Crippen molar-refractivity contribution >= 4 is 11.6 Å². The Labute approximate surface area is 123 Å². The van der Waals surface area contributed by atoms with Crippen molar-refractivity contribution in [3.05, 3.63) is 64.4 Å². The van der Waals surface area contributed by atoms with Crippen molar-refractivity contribution in [1.29, 1.82) is 0 Å². The minimum Gasteiger partial charge on any atom is -0.489 e. The molecule has 0 fully saturated rings. The highest BCUT2D eigenvalue weighted by molar-refractivity contribution is 6.30. The van der Waals surface area contributed by atoms with E-state index in [1.54, 1.807) is 0 Å². The van der Waals surface area contributed by atoms with E-state index in [2.05, 4.69) is 5.32 Å². The molecule has 0 aliphatic carbocycles. The minimum absolute atomic E-state index is 0.290. The lowest BCUT2D eigenvalue weighted by molar-refractivity contribution is 0.304. The zero-order valence-corrected chi connectivity index (χ0v) is 12.1. The number of nitrogens with one attached hydrogen (secondary N) is 1. The van der Waals surface area contributed by atoms with Gasteiger partial charge in [-0.05, 0) is 41.9 Å². The van der Waals surface area contributed by atoms with Crippen molar-refractivity contribution in [3.63, 3.8) is 0 Å². The van der Waals surface area contributed by atoms with Gasteiger partial charge in [-0.2, -0.15) is 0 Å². The molecule has 1 N–H and O–H groups in total. The van der Waals surface area contributed by atoms with Crippen LogP contribution in [0.1, 0.15) is 18.1 Å². The summed E-state index contributed by atoms with van der Waals surface area (Å²) in [6.07, 6.45) is 0. The summed E-state index contributed by atoms with van der Waals surface area (Å²) in [5, 5.41) is 3.83. The first-order chi connectivity index (χ1) is 9.67. The van der Waals surface area contributed by atoms with Crippen LogP contribution < -0.4 is 10.1 Å². The molecule has 2 aromatic rings. The van der Waals surface area contributed by atoms with Crippen LogP contribution in [0.15, 0.2) is 42.5 Å². The number of halogens is 2. The van der Waals surface area contributed by atoms with Crippen molar-refractivity contribution in [2.24, 2.45) is 0 Å². The number of hydrogen-bond donors (Lipinski definition) is 1. The number of benzene rings is 2. The van der Waals surface area contributed by atoms with Crippen molar-refractivity contribution in [2.75, 3.05) is 6.54 Å². The molecule has 0 aliphatic heterocycles. The Morgan fingerprint density at radius 3 is 2.75 bits per heavy atom. The minimum atomic E-state index is -0.290. The van der Waals surface area contributed by atoms with Gasteiger partial charge in [0.1, 0.15) is 18.2 Å². The van der Waals surface area contributed by atoms with E-state index < -0.39 is 0 Å². The molecule has 20 heavy (non-hydrogen) atoms. The van der Waals surface area contributed by atoms with Gasteiger partial charge in [-0.3, -0.25) is 0 Å². The first kappa shape index (κ1) is 14.8. The van der Waals surface area contributed by atoms with E-state index in [1.807, 2.05) is 37.3 Å². The molecule has 0 amide bonds. The summed E-state index contributed by atoms with van der Waals surface area (Å²) in [6.45, 7) is 3.84. The number of rotatable bonds is 6. The third-order valence-electron chi connectivity index (χ3n) is 2.80. The summed E-state index contributed by atoms with van der Waals surface area (Å²) in [5.41, 5.74) is 1.82. The lowest BCUT2D eigenvalue weighted by Crippen LogP contribution is -2.12. The fourth-order valence-electron chi connectivity index (χ4n) is 1.87. The highest BCUT2D eigenvalue weighted by atomic mass is 35.5. The molecule has 2 rings (SSSR count). The second kappa shape index (κ2) is 7.27. The molecule has 0 spiro atoms. The van der Waals surface area contributed by atoms with Gasteiger partial charge in [0.25, 0.3) is 0 Å². The van der Waals surface area contributed by atoms with Gasteiger partial charge in [0.2, 0.25) is 0 Å². The maximum absolute atomic E-state index is 13.5. The van der Waals surface area contributed by atoms with Crippen molar-refractivity contribution in [2.45, 2.75) is 20.1 Å². The van der Waals surface area contributed by atoms with Gasteiger partial charge in [0.05, 0.1) is 0 Å². The van der Waals surface area contributed by atoms with Crippen LogP contribution in [0.3, 0.4) is 0 Å². The SMILES string of the molecule is CCNCc1cc(F)cc(OCc2cccc(Cl)c2)c1. The Kier molecular flexibility index (Phi) is 5.39. The van der Waals surface area contributed by atoms with Crippen molar-refractivity contribution in [3.8, 4) is 5.75 Å². The van der Waals surface area contributed by atoms with E-state index in [0.29, 0.717) is 23.9 Å². The smallest absolute Gasteiger partial charge is 0.127 e. The van der Waals surface area contributed by atoms with Gasteiger partial charge >= 0.3 is 0 Å². The normalized spacial score (nSPS) is 10.6. The van der Waals surface area contributed by atoms with Gasteiger partial charge in [0, 0.05) is 17.6 Å². The van der Waals surface area contributed by atoms with Gasteiger partial charge in [0.15, 0.2) is 0 Å². The molecule has 0 radical (unpaired) electrons. The summed E-state index contributed by atoms with van der Waals surface area (Å²) in [5.74, 6) is 0.236. The van der Waals surface area contributed by atoms with E-state index in [-0.39, 0.29) is 5.82 Å². The third kappa shape index (κ3) is 4.51. The maximum atomic E-state index is 13.5. The molecule has 0 aromatic heterocycles. The van der Waals surface area contributed by atoms with Crippen LogP contribution in [0.5, 0.6) is 5.75 Å². The van der Waals surface area contributed by atoms with E-state index in [4.69, 9.17) is 16.3 Å². The molecule has 2 nitrogen and oxygen atoms in total. The van der Waals surface area contributed by atoms with Crippen LogP contribution in [-0.2, 0) is 13.2 Å². The van der Waals surface area contributed by atoms with Crippen LogP contribution in [0.25, 0.3) is 0 Å². The second-order valence-electron chi connectivity index (χ2n) is 4.49. The van der Waals surface area contributed by atoms with Crippen LogP contribution in [0.4, 0.5) is 4.39 Å². The highest BCUT2D eigenvalue weighted by Gasteiger charge is 2.03. The zero-order valence-electron chi connectivity index (χ0n) is 11.3. The molecule has 0 aliphatic rings. The average molecular weight is 294 g/mol. The van der Waals surface area contributed by atoms with E-state index in [9.17, 15) is 4.39 Å². The van der Waals surface area contributed by atoms with Gasteiger partial charge in [-0.15, -0.1) is 0 Å². The van der Waals surface area contributed by atoms with Gasteiger partial charge in [-0.25, -0.2) is 4.39 Å². The van der Waals surface area contributed by atoms with Gasteiger partial charge < -0.3 is 10.1 Å². The summed E-state index contributed by atoms with van der Waals surface area (Å²) < 4.78 is 19.1. The average Bonchev–Trinajstić information content (AvgIpc) is 2.42. The largest absolute Gasteiger partial charge is 0.489 e. The molecule has 0 saturated heterocycles. The first-order valence-corrected chi connectivity index (χ1v) is 6.92. The molecule has 4 heteroatoms. The Morgan fingerprint density at radius 2 is 2.00 bits per heavy atom. The van der Waals surface area contributed by atoms with Crippen molar-refractivity contribution < 1.29 is 9.13 Å². The summed E-state index contributed by atoms with van der Waals surface area (Å²) in [7, 11) is 0. The summed E-state index contributed by atoms with van der Waals surface area (Å²) in [6, 6.07) is 12.2. The lowest BCUT2D eigenvalue weighted by atomic mass is 10.2. The molecule has 0 saturated carbocycles. The fraction of sp³-hybridized carbons (Fsp3) is 0.250. The first-order valence-electron chi connectivity index (χ1n) is 6.55. The maximum Gasteiger partial charge on any atom is 0.127 e. The molecule has 106 valence electrons. The molecule has 0 unspecified atom stereocenters. The third-order valence-corrected chi connectivity index (χ3v) is 3.04. The number of hydrogen-bond acceptors (Lipinski definition) is 2. The van der Waals surface area contributed by atoms with E-state index in [0.717, 1.165) is 17.7 Å². The molecule has 0 heterocycles. The Balaban J connectivity index is 2.03. The predicted octanol–water partition coefficient (Wildman–Crippen LogP) is 4.17. The quantitative estimate of drug-likeness (QED) is 0.863. The van der Waals surface area contributed by atoms with Crippen LogP contribution in [-0.4, -0.2) is 6.54 Å². The Hall–Kier alpha value is -1.58. The molecular formula is C16H17ClFNO. The fourth-order valence-corrected chi connectivity index (χ4v) is 2.08. The Morgan fingerprint density at radius 1 is 1.15 bits per heavy atom. The van der Waals surface area contributed by atoms with E-state index >= 15 is 0 Å². The highest BCUT2D eigenvalue weighted by Crippen LogP contribution is 2.19. The summed E-state index contributed by atoms with van der Waals surface area (Å²) in [4.78, 5) is 0. The van der Waals surface area contributed by atoms with Crippen LogP contribution in [0.2, 0.25) is 5.02 Å². The molecular weight excluding hydrogens is 277 g/mol. The van der Waals surface area contributed by atoms with Gasteiger partial charge in [-0.1, -0.05) is 30.7 Å². The summed E-state index contributed by atoms with van der Waals surface area (Å²) >= 11 is 5.91. The predicted molar refractivity (Wildman–Crippen MR) is 79.6 cm³/mol. The lowest BCUT2D eigenvalue weighted by Gasteiger charge is -2.09.